The lowest BCUT2D eigenvalue weighted by Crippen LogP contribution is -2.24. The van der Waals surface area contributed by atoms with Gasteiger partial charge in [-0.3, -0.25) is 0 Å². The fourth-order valence-electron chi connectivity index (χ4n) is 1.88. The summed E-state index contributed by atoms with van der Waals surface area (Å²) in [7, 11) is -3.87. The minimum atomic E-state index is -3.87. The smallest absolute Gasteiger partial charge is 0.243 e. The Balaban J connectivity index is 2.05. The van der Waals surface area contributed by atoms with Crippen molar-refractivity contribution >= 4 is 10.0 Å². The zero-order valence-electron chi connectivity index (χ0n) is 12.4. The summed E-state index contributed by atoms with van der Waals surface area (Å²) >= 11 is 0. The van der Waals surface area contributed by atoms with Gasteiger partial charge >= 0.3 is 0 Å². The molecule has 118 valence electrons. The second-order valence-electron chi connectivity index (χ2n) is 5.07. The molecule has 4 nitrogen and oxygen atoms in total. The van der Waals surface area contributed by atoms with Crippen LogP contribution in [0.25, 0.3) is 0 Å². The van der Waals surface area contributed by atoms with Crippen LogP contribution in [0.1, 0.15) is 19.4 Å². The average molecular weight is 323 g/mol. The Morgan fingerprint density at radius 3 is 2.32 bits per heavy atom. The van der Waals surface area contributed by atoms with Crippen LogP contribution in [0, 0.1) is 5.82 Å². The van der Waals surface area contributed by atoms with Gasteiger partial charge in [0.2, 0.25) is 10.0 Å². The molecular formula is C16H18FNO3S. The molecule has 22 heavy (non-hydrogen) atoms. The third-order valence-corrected chi connectivity index (χ3v) is 4.32. The van der Waals surface area contributed by atoms with Gasteiger partial charge in [-0.05, 0) is 43.7 Å². The van der Waals surface area contributed by atoms with Crippen molar-refractivity contribution in [2.45, 2.75) is 31.4 Å². The summed E-state index contributed by atoms with van der Waals surface area (Å²) in [6.07, 6.45) is 0.0745. The van der Waals surface area contributed by atoms with Crippen LogP contribution in [0.5, 0.6) is 5.75 Å². The quantitative estimate of drug-likeness (QED) is 0.889. The zero-order valence-corrected chi connectivity index (χ0v) is 13.2. The molecule has 2 rings (SSSR count). The second kappa shape index (κ2) is 6.89. The van der Waals surface area contributed by atoms with Crippen molar-refractivity contribution in [2.24, 2.45) is 0 Å². The van der Waals surface area contributed by atoms with Crippen molar-refractivity contribution in [3.8, 4) is 5.75 Å². The molecular weight excluding hydrogens is 305 g/mol. The first-order valence-corrected chi connectivity index (χ1v) is 8.36. The Labute approximate surface area is 130 Å². The minimum Gasteiger partial charge on any atom is -0.491 e. The maximum atomic E-state index is 13.5. The van der Waals surface area contributed by atoms with Crippen LogP contribution in [0.15, 0.2) is 53.4 Å². The molecule has 0 amide bonds. The Kier molecular flexibility index (Phi) is 5.15. The summed E-state index contributed by atoms with van der Waals surface area (Å²) in [5.41, 5.74) is 0.760. The van der Waals surface area contributed by atoms with Crippen molar-refractivity contribution in [1.29, 1.82) is 0 Å². The van der Waals surface area contributed by atoms with E-state index < -0.39 is 15.8 Å². The minimum absolute atomic E-state index is 0.0745. The highest BCUT2D eigenvalue weighted by atomic mass is 32.2. The van der Waals surface area contributed by atoms with E-state index in [0.29, 0.717) is 0 Å². The SMILES string of the molecule is CC(C)Oc1ccc(CNS(=O)(=O)c2ccccc2F)cc1. The van der Waals surface area contributed by atoms with Crippen LogP contribution in [-0.2, 0) is 16.6 Å². The van der Waals surface area contributed by atoms with Gasteiger partial charge in [-0.1, -0.05) is 24.3 Å². The van der Waals surface area contributed by atoms with E-state index in [4.69, 9.17) is 4.74 Å². The van der Waals surface area contributed by atoms with Crippen LogP contribution >= 0.6 is 0 Å². The summed E-state index contributed by atoms with van der Waals surface area (Å²) in [5.74, 6) is -0.0496. The number of ether oxygens (including phenoxy) is 1. The summed E-state index contributed by atoms with van der Waals surface area (Å²) < 4.78 is 45.6. The predicted molar refractivity (Wildman–Crippen MR) is 82.6 cm³/mol. The van der Waals surface area contributed by atoms with E-state index in [1.54, 1.807) is 24.3 Å². The summed E-state index contributed by atoms with van der Waals surface area (Å²) in [6.45, 7) is 3.94. The normalized spacial score (nSPS) is 11.6. The Morgan fingerprint density at radius 1 is 1.09 bits per heavy atom. The molecule has 0 spiro atoms. The highest BCUT2D eigenvalue weighted by molar-refractivity contribution is 7.89. The van der Waals surface area contributed by atoms with Crippen LogP contribution < -0.4 is 9.46 Å². The number of hydrogen-bond donors (Lipinski definition) is 1. The molecule has 0 atom stereocenters. The standard InChI is InChI=1S/C16H18FNO3S/c1-12(2)21-14-9-7-13(8-10-14)11-18-22(19,20)16-6-4-3-5-15(16)17/h3-10,12,18H,11H2,1-2H3. The summed E-state index contributed by atoms with van der Waals surface area (Å²) in [6, 6.07) is 12.4. The molecule has 0 saturated carbocycles. The van der Waals surface area contributed by atoms with Crippen molar-refractivity contribution < 1.29 is 17.5 Å². The second-order valence-corrected chi connectivity index (χ2v) is 6.80. The molecule has 6 heteroatoms. The Bertz CT molecular complexity index is 727. The third kappa shape index (κ3) is 4.29. The first kappa shape index (κ1) is 16.5. The summed E-state index contributed by atoms with van der Waals surface area (Å²) in [4.78, 5) is -0.352. The number of sulfonamides is 1. The number of hydrogen-bond acceptors (Lipinski definition) is 3. The van der Waals surface area contributed by atoms with Gasteiger partial charge < -0.3 is 4.74 Å². The molecule has 0 aliphatic carbocycles. The lowest BCUT2D eigenvalue weighted by Gasteiger charge is -2.11. The van der Waals surface area contributed by atoms with Crippen molar-refractivity contribution in [2.75, 3.05) is 0 Å². The maximum absolute atomic E-state index is 13.5. The molecule has 0 heterocycles. The highest BCUT2D eigenvalue weighted by Crippen LogP contribution is 2.16. The molecule has 0 fully saturated rings. The van der Waals surface area contributed by atoms with Crippen LogP contribution in [-0.4, -0.2) is 14.5 Å². The van der Waals surface area contributed by atoms with Gasteiger partial charge in [0.15, 0.2) is 0 Å². The lowest BCUT2D eigenvalue weighted by atomic mass is 10.2. The van der Waals surface area contributed by atoms with Crippen molar-refractivity contribution in [3.05, 3.63) is 59.9 Å². The van der Waals surface area contributed by atoms with E-state index in [1.807, 2.05) is 13.8 Å². The van der Waals surface area contributed by atoms with Gasteiger partial charge in [0, 0.05) is 6.54 Å². The van der Waals surface area contributed by atoms with Crippen molar-refractivity contribution in [1.82, 2.24) is 4.72 Å². The highest BCUT2D eigenvalue weighted by Gasteiger charge is 2.17. The fourth-order valence-corrected chi connectivity index (χ4v) is 2.97. The van der Waals surface area contributed by atoms with E-state index in [9.17, 15) is 12.8 Å². The van der Waals surface area contributed by atoms with Gasteiger partial charge in [0.05, 0.1) is 6.10 Å². The molecule has 0 radical (unpaired) electrons. The van der Waals surface area contributed by atoms with Crippen LogP contribution in [0.2, 0.25) is 0 Å². The molecule has 1 N–H and O–H groups in total. The van der Waals surface area contributed by atoms with Gasteiger partial charge in [-0.25, -0.2) is 17.5 Å². The molecule has 0 aliphatic rings. The van der Waals surface area contributed by atoms with E-state index in [1.165, 1.54) is 18.2 Å². The van der Waals surface area contributed by atoms with E-state index in [2.05, 4.69) is 4.72 Å². The molecule has 0 aromatic heterocycles. The first-order valence-electron chi connectivity index (χ1n) is 6.88. The number of benzene rings is 2. The van der Waals surface area contributed by atoms with Crippen LogP contribution in [0.4, 0.5) is 4.39 Å². The van der Waals surface area contributed by atoms with Gasteiger partial charge in [-0.2, -0.15) is 0 Å². The first-order chi connectivity index (χ1) is 10.4. The fraction of sp³-hybridized carbons (Fsp3) is 0.250. The summed E-state index contributed by atoms with van der Waals surface area (Å²) in [5, 5.41) is 0. The molecule has 2 aromatic rings. The molecule has 0 saturated heterocycles. The number of rotatable bonds is 6. The number of nitrogens with one attached hydrogen (secondary N) is 1. The van der Waals surface area contributed by atoms with Gasteiger partial charge in [0.1, 0.15) is 16.5 Å². The average Bonchev–Trinajstić information content (AvgIpc) is 2.46. The monoisotopic (exact) mass is 323 g/mol. The zero-order chi connectivity index (χ0) is 16.2. The van der Waals surface area contributed by atoms with Gasteiger partial charge in [-0.15, -0.1) is 0 Å². The third-order valence-electron chi connectivity index (χ3n) is 2.89. The van der Waals surface area contributed by atoms with Crippen LogP contribution in [0.3, 0.4) is 0 Å². The molecule has 0 aliphatic heterocycles. The largest absolute Gasteiger partial charge is 0.491 e. The molecule has 0 unspecified atom stereocenters. The lowest BCUT2D eigenvalue weighted by molar-refractivity contribution is 0.242. The maximum Gasteiger partial charge on any atom is 0.243 e. The number of halogens is 1. The Hall–Kier alpha value is -1.92. The van der Waals surface area contributed by atoms with Crippen molar-refractivity contribution in [3.63, 3.8) is 0 Å². The molecule has 0 bridgehead atoms. The van der Waals surface area contributed by atoms with Gasteiger partial charge in [0.25, 0.3) is 0 Å². The molecule has 2 aromatic carbocycles. The predicted octanol–water partition coefficient (Wildman–Crippen LogP) is 3.09. The Morgan fingerprint density at radius 2 is 1.73 bits per heavy atom. The van der Waals surface area contributed by atoms with E-state index in [-0.39, 0.29) is 17.5 Å². The topological polar surface area (TPSA) is 55.4 Å². The van der Waals surface area contributed by atoms with E-state index >= 15 is 0 Å². The van der Waals surface area contributed by atoms with E-state index in [0.717, 1.165) is 17.4 Å².